The molecule has 0 saturated carbocycles. The maximum atomic E-state index is 6.07. The van der Waals surface area contributed by atoms with Gasteiger partial charge in [-0.2, -0.15) is 4.98 Å². The Balaban J connectivity index is 2.39. The lowest BCUT2D eigenvalue weighted by Gasteiger charge is -2.18. The van der Waals surface area contributed by atoms with Crippen molar-refractivity contribution in [2.75, 3.05) is 45.0 Å². The number of nitrogen functional groups attached to an aromatic ring is 1. The fourth-order valence-corrected chi connectivity index (χ4v) is 2.23. The van der Waals surface area contributed by atoms with Crippen LogP contribution >= 0.6 is 0 Å². The molecule has 1 aromatic carbocycles. The summed E-state index contributed by atoms with van der Waals surface area (Å²) >= 11 is 0. The summed E-state index contributed by atoms with van der Waals surface area (Å²) in [7, 11) is 5.12. The minimum Gasteiger partial charge on any atom is -0.493 e. The van der Waals surface area contributed by atoms with E-state index in [2.05, 4.69) is 9.97 Å². The van der Waals surface area contributed by atoms with Gasteiger partial charge in [0.25, 0.3) is 0 Å². The first-order valence-electron chi connectivity index (χ1n) is 7.21. The third-order valence-corrected chi connectivity index (χ3v) is 3.51. The van der Waals surface area contributed by atoms with Crippen LogP contribution in [0.2, 0.25) is 0 Å². The molecular weight excluding hydrogens is 282 g/mol. The maximum absolute atomic E-state index is 6.07. The largest absolute Gasteiger partial charge is 0.493 e. The monoisotopic (exact) mass is 305 g/mol. The van der Waals surface area contributed by atoms with Crippen molar-refractivity contribution in [3.8, 4) is 11.5 Å². The van der Waals surface area contributed by atoms with Crippen molar-refractivity contribution in [1.82, 2.24) is 9.97 Å². The molecule has 2 rings (SSSR count). The van der Waals surface area contributed by atoms with Crippen LogP contribution in [0, 0.1) is 0 Å². The van der Waals surface area contributed by atoms with Crippen LogP contribution < -0.4 is 25.8 Å². The van der Waals surface area contributed by atoms with Crippen LogP contribution in [0.1, 0.15) is 12.8 Å². The average Bonchev–Trinajstić information content (AvgIpc) is 2.53. The van der Waals surface area contributed by atoms with E-state index in [1.54, 1.807) is 20.3 Å². The van der Waals surface area contributed by atoms with Gasteiger partial charge in [-0.3, -0.25) is 0 Å². The first-order valence-corrected chi connectivity index (χ1v) is 7.21. The van der Waals surface area contributed by atoms with Crippen molar-refractivity contribution >= 4 is 22.7 Å². The predicted octanol–water partition coefficient (Wildman–Crippen LogP) is 1.40. The van der Waals surface area contributed by atoms with E-state index >= 15 is 0 Å². The highest BCUT2D eigenvalue weighted by Crippen LogP contribution is 2.33. The molecule has 0 unspecified atom stereocenters. The van der Waals surface area contributed by atoms with Crippen LogP contribution in [0.5, 0.6) is 11.5 Å². The number of rotatable bonds is 7. The Hall–Kier alpha value is -2.28. The minimum atomic E-state index is 0.423. The Labute approximate surface area is 130 Å². The molecule has 0 spiro atoms. The van der Waals surface area contributed by atoms with Crippen LogP contribution in [-0.4, -0.2) is 44.3 Å². The second-order valence-electron chi connectivity index (χ2n) is 5.05. The van der Waals surface area contributed by atoms with E-state index in [4.69, 9.17) is 20.9 Å². The zero-order valence-electron chi connectivity index (χ0n) is 13.3. The number of anilines is 2. The van der Waals surface area contributed by atoms with Crippen molar-refractivity contribution in [3.63, 3.8) is 0 Å². The van der Waals surface area contributed by atoms with Crippen molar-refractivity contribution < 1.29 is 9.47 Å². The van der Waals surface area contributed by atoms with Gasteiger partial charge in [0.1, 0.15) is 5.82 Å². The van der Waals surface area contributed by atoms with Gasteiger partial charge in [0.2, 0.25) is 5.95 Å². The lowest BCUT2D eigenvalue weighted by Crippen LogP contribution is -2.22. The van der Waals surface area contributed by atoms with Crippen LogP contribution in [0.3, 0.4) is 0 Å². The number of fused-ring (bicyclic) bond motifs is 1. The highest BCUT2D eigenvalue weighted by molar-refractivity contribution is 5.91. The molecule has 7 nitrogen and oxygen atoms in total. The molecule has 1 heterocycles. The Bertz CT molecular complexity index is 647. The molecule has 0 aliphatic rings. The first kappa shape index (κ1) is 16.1. The third kappa shape index (κ3) is 3.30. The van der Waals surface area contributed by atoms with Crippen molar-refractivity contribution in [3.05, 3.63) is 12.1 Å². The molecule has 2 aromatic rings. The summed E-state index contributed by atoms with van der Waals surface area (Å²) in [5.74, 6) is 2.24. The summed E-state index contributed by atoms with van der Waals surface area (Å²) in [4.78, 5) is 10.9. The van der Waals surface area contributed by atoms with E-state index in [1.807, 2.05) is 18.0 Å². The van der Waals surface area contributed by atoms with E-state index in [1.165, 1.54) is 0 Å². The van der Waals surface area contributed by atoms with Crippen LogP contribution in [0.25, 0.3) is 10.9 Å². The van der Waals surface area contributed by atoms with Crippen molar-refractivity contribution in [2.24, 2.45) is 5.73 Å². The Morgan fingerprint density at radius 2 is 1.77 bits per heavy atom. The summed E-state index contributed by atoms with van der Waals surface area (Å²) in [6.07, 6.45) is 1.96. The van der Waals surface area contributed by atoms with Gasteiger partial charge in [0.15, 0.2) is 11.5 Å². The average molecular weight is 305 g/mol. The number of benzene rings is 1. The fraction of sp³-hybridized carbons (Fsp3) is 0.467. The number of aromatic nitrogens is 2. The van der Waals surface area contributed by atoms with E-state index < -0.39 is 0 Å². The van der Waals surface area contributed by atoms with Crippen molar-refractivity contribution in [2.45, 2.75) is 12.8 Å². The molecular formula is C15H23N5O2. The maximum Gasteiger partial charge on any atom is 0.227 e. The molecule has 0 aliphatic carbocycles. The zero-order chi connectivity index (χ0) is 16.1. The molecule has 120 valence electrons. The van der Waals surface area contributed by atoms with Gasteiger partial charge in [-0.25, -0.2) is 4.98 Å². The van der Waals surface area contributed by atoms with Gasteiger partial charge in [-0.05, 0) is 25.5 Å². The smallest absolute Gasteiger partial charge is 0.227 e. The quantitative estimate of drug-likeness (QED) is 0.746. The van der Waals surface area contributed by atoms with Gasteiger partial charge < -0.3 is 25.8 Å². The molecule has 0 aliphatic heterocycles. The Morgan fingerprint density at radius 1 is 1.09 bits per heavy atom. The molecule has 7 heteroatoms. The molecule has 1 aromatic heterocycles. The standard InChI is InChI=1S/C15H23N5O2/c1-20(7-5-4-6-16)15-18-11-9-13(22-3)12(21-2)8-10(11)14(17)19-15/h8-9H,4-7,16H2,1-3H3,(H2,17,18,19). The molecule has 4 N–H and O–H groups in total. The predicted molar refractivity (Wildman–Crippen MR) is 88.6 cm³/mol. The summed E-state index contributed by atoms with van der Waals surface area (Å²) in [5, 5.41) is 0.747. The van der Waals surface area contributed by atoms with E-state index in [0.717, 1.165) is 30.3 Å². The van der Waals surface area contributed by atoms with Crippen LogP contribution in [0.4, 0.5) is 11.8 Å². The van der Waals surface area contributed by atoms with Crippen LogP contribution in [0.15, 0.2) is 12.1 Å². The fourth-order valence-electron chi connectivity index (χ4n) is 2.23. The highest BCUT2D eigenvalue weighted by Gasteiger charge is 2.13. The summed E-state index contributed by atoms with van der Waals surface area (Å²) in [5.41, 5.74) is 12.3. The third-order valence-electron chi connectivity index (χ3n) is 3.51. The minimum absolute atomic E-state index is 0.423. The molecule has 0 atom stereocenters. The summed E-state index contributed by atoms with van der Waals surface area (Å²) in [6, 6.07) is 3.60. The molecule has 0 saturated heterocycles. The summed E-state index contributed by atoms with van der Waals surface area (Å²) in [6.45, 7) is 1.51. The van der Waals surface area contributed by atoms with Gasteiger partial charge >= 0.3 is 0 Å². The van der Waals surface area contributed by atoms with Gasteiger partial charge in [-0.1, -0.05) is 0 Å². The van der Waals surface area contributed by atoms with E-state index in [9.17, 15) is 0 Å². The zero-order valence-corrected chi connectivity index (χ0v) is 13.3. The van der Waals surface area contributed by atoms with E-state index in [0.29, 0.717) is 29.8 Å². The number of unbranched alkanes of at least 4 members (excludes halogenated alkanes) is 1. The number of methoxy groups -OCH3 is 2. The van der Waals surface area contributed by atoms with Crippen molar-refractivity contribution in [1.29, 1.82) is 0 Å². The molecule has 0 amide bonds. The van der Waals surface area contributed by atoms with Gasteiger partial charge in [-0.15, -0.1) is 0 Å². The number of nitrogens with two attached hydrogens (primary N) is 2. The van der Waals surface area contributed by atoms with Gasteiger partial charge in [0.05, 0.1) is 19.7 Å². The highest BCUT2D eigenvalue weighted by atomic mass is 16.5. The SMILES string of the molecule is COc1cc2nc(N(C)CCCCN)nc(N)c2cc1OC. The molecule has 0 fully saturated rings. The number of nitrogens with zero attached hydrogens (tertiary/aromatic N) is 3. The van der Waals surface area contributed by atoms with Crippen LogP contribution in [-0.2, 0) is 0 Å². The lowest BCUT2D eigenvalue weighted by atomic mass is 10.2. The lowest BCUT2D eigenvalue weighted by molar-refractivity contribution is 0.356. The molecule has 22 heavy (non-hydrogen) atoms. The topological polar surface area (TPSA) is 99.5 Å². The number of hydrogen-bond acceptors (Lipinski definition) is 7. The number of hydrogen-bond donors (Lipinski definition) is 2. The Morgan fingerprint density at radius 3 is 2.41 bits per heavy atom. The van der Waals surface area contributed by atoms with E-state index in [-0.39, 0.29) is 0 Å². The first-order chi connectivity index (χ1) is 10.6. The number of ether oxygens (including phenoxy) is 2. The normalized spacial score (nSPS) is 10.7. The second kappa shape index (κ2) is 7.13. The van der Waals surface area contributed by atoms with Gasteiger partial charge in [0, 0.05) is 25.0 Å². The Kier molecular flexibility index (Phi) is 5.21. The summed E-state index contributed by atoms with van der Waals surface area (Å²) < 4.78 is 10.6. The molecule has 0 bridgehead atoms. The second-order valence-corrected chi connectivity index (χ2v) is 5.05. The molecule has 0 radical (unpaired) electrons.